The van der Waals surface area contributed by atoms with Gasteiger partial charge >= 0.3 is 0 Å². The van der Waals surface area contributed by atoms with E-state index in [0.717, 1.165) is 0 Å². The summed E-state index contributed by atoms with van der Waals surface area (Å²) in [7, 11) is 3.49. The molecular formula is C21H20FN5O3. The standard InChI is InChI=1S/C21H20FN5O3/c1-25(2)17-6-5-14(12-15(17)22)20(28)26-7-9-27(10-8-26)21-16(13-23)24-19(30-21)18-4-3-11-29-18/h3-6,11-12H,7-10H2,1-2H3. The van der Waals surface area contributed by atoms with Gasteiger partial charge in [-0.05, 0) is 30.3 Å². The molecule has 1 aliphatic rings. The Kier molecular flexibility index (Phi) is 5.14. The van der Waals surface area contributed by atoms with E-state index < -0.39 is 5.82 Å². The molecule has 0 radical (unpaired) electrons. The highest BCUT2D eigenvalue weighted by Gasteiger charge is 2.28. The number of anilines is 2. The van der Waals surface area contributed by atoms with Gasteiger partial charge in [0.25, 0.3) is 11.8 Å². The summed E-state index contributed by atoms with van der Waals surface area (Å²) in [5.41, 5.74) is 0.907. The highest BCUT2D eigenvalue weighted by Crippen LogP contribution is 2.29. The van der Waals surface area contributed by atoms with Crippen molar-refractivity contribution in [2.75, 3.05) is 50.1 Å². The Morgan fingerprint density at radius 1 is 1.23 bits per heavy atom. The summed E-state index contributed by atoms with van der Waals surface area (Å²) in [6, 6.07) is 9.96. The van der Waals surface area contributed by atoms with Crippen molar-refractivity contribution in [3.8, 4) is 17.7 Å². The normalized spacial score (nSPS) is 13.9. The zero-order valence-corrected chi connectivity index (χ0v) is 16.6. The molecule has 8 nitrogen and oxygen atoms in total. The fraction of sp³-hybridized carbons (Fsp3) is 0.286. The average Bonchev–Trinajstić information content (AvgIpc) is 3.42. The minimum absolute atomic E-state index is 0.169. The molecule has 0 atom stereocenters. The number of nitriles is 1. The number of nitrogens with zero attached hydrogens (tertiary/aromatic N) is 5. The van der Waals surface area contributed by atoms with E-state index in [1.54, 1.807) is 48.2 Å². The summed E-state index contributed by atoms with van der Waals surface area (Å²) in [6.45, 7) is 1.76. The molecule has 0 bridgehead atoms. The number of piperazine rings is 1. The van der Waals surface area contributed by atoms with Crippen molar-refractivity contribution >= 4 is 17.5 Å². The summed E-state index contributed by atoms with van der Waals surface area (Å²) in [5.74, 6) is 0.372. The van der Waals surface area contributed by atoms with E-state index in [4.69, 9.17) is 8.83 Å². The third-order valence-corrected chi connectivity index (χ3v) is 4.98. The smallest absolute Gasteiger partial charge is 0.266 e. The van der Waals surface area contributed by atoms with Gasteiger partial charge in [-0.2, -0.15) is 10.2 Å². The van der Waals surface area contributed by atoms with Crippen molar-refractivity contribution < 1.29 is 18.0 Å². The fourth-order valence-corrected chi connectivity index (χ4v) is 3.40. The summed E-state index contributed by atoms with van der Waals surface area (Å²) < 4.78 is 25.3. The molecule has 4 rings (SSSR count). The predicted octanol–water partition coefficient (Wildman–Crippen LogP) is 2.97. The number of benzene rings is 1. The molecule has 1 amide bonds. The van der Waals surface area contributed by atoms with Gasteiger partial charge in [-0.25, -0.2) is 4.39 Å². The number of carbonyl (C=O) groups excluding carboxylic acids is 1. The van der Waals surface area contributed by atoms with Crippen LogP contribution >= 0.6 is 0 Å². The van der Waals surface area contributed by atoms with Crippen LogP contribution in [0.4, 0.5) is 16.0 Å². The molecule has 1 fully saturated rings. The maximum Gasteiger partial charge on any atom is 0.266 e. The van der Waals surface area contributed by atoms with Crippen LogP contribution < -0.4 is 9.80 Å². The maximum absolute atomic E-state index is 14.2. The van der Waals surface area contributed by atoms with Crippen LogP contribution in [0.1, 0.15) is 16.1 Å². The third kappa shape index (κ3) is 3.59. The van der Waals surface area contributed by atoms with Crippen LogP contribution in [0, 0.1) is 17.1 Å². The average molecular weight is 409 g/mol. The number of hydrogen-bond donors (Lipinski definition) is 0. The van der Waals surface area contributed by atoms with Crippen LogP contribution in [-0.4, -0.2) is 56.1 Å². The first kappa shape index (κ1) is 19.5. The molecule has 3 aromatic rings. The SMILES string of the molecule is CN(C)c1ccc(C(=O)N2CCN(c3oc(-c4ccco4)nc3C#N)CC2)cc1F. The van der Waals surface area contributed by atoms with Crippen molar-refractivity contribution in [2.45, 2.75) is 0 Å². The molecule has 30 heavy (non-hydrogen) atoms. The van der Waals surface area contributed by atoms with Gasteiger partial charge in [-0.1, -0.05) is 0 Å². The van der Waals surface area contributed by atoms with Gasteiger partial charge in [-0.15, -0.1) is 0 Å². The number of halogens is 1. The van der Waals surface area contributed by atoms with Crippen LogP contribution in [0.2, 0.25) is 0 Å². The maximum atomic E-state index is 14.2. The fourth-order valence-electron chi connectivity index (χ4n) is 3.40. The first-order chi connectivity index (χ1) is 14.5. The monoisotopic (exact) mass is 409 g/mol. The minimum Gasteiger partial charge on any atom is -0.459 e. The highest BCUT2D eigenvalue weighted by atomic mass is 19.1. The van der Waals surface area contributed by atoms with Crippen LogP contribution in [0.3, 0.4) is 0 Å². The third-order valence-electron chi connectivity index (χ3n) is 4.98. The molecule has 1 aliphatic heterocycles. The summed E-state index contributed by atoms with van der Waals surface area (Å²) in [6.07, 6.45) is 1.50. The minimum atomic E-state index is -0.435. The predicted molar refractivity (Wildman–Crippen MR) is 108 cm³/mol. The van der Waals surface area contributed by atoms with Gasteiger partial charge in [0.15, 0.2) is 5.76 Å². The molecule has 9 heteroatoms. The zero-order valence-electron chi connectivity index (χ0n) is 16.6. The number of furan rings is 1. The molecule has 0 saturated carbocycles. The first-order valence-electron chi connectivity index (χ1n) is 9.44. The summed E-state index contributed by atoms with van der Waals surface area (Å²) >= 11 is 0. The van der Waals surface area contributed by atoms with Crippen LogP contribution in [0.25, 0.3) is 11.7 Å². The van der Waals surface area contributed by atoms with E-state index in [1.165, 1.54) is 12.3 Å². The van der Waals surface area contributed by atoms with Crippen molar-refractivity contribution in [3.05, 3.63) is 53.7 Å². The highest BCUT2D eigenvalue weighted by molar-refractivity contribution is 5.94. The number of hydrogen-bond acceptors (Lipinski definition) is 7. The van der Waals surface area contributed by atoms with Gasteiger partial charge in [-0.3, -0.25) is 4.79 Å². The zero-order chi connectivity index (χ0) is 21.3. The molecule has 2 aromatic heterocycles. The molecule has 0 aliphatic carbocycles. The summed E-state index contributed by atoms with van der Waals surface area (Å²) in [4.78, 5) is 22.2. The molecule has 0 unspecified atom stereocenters. The van der Waals surface area contributed by atoms with Crippen LogP contribution in [0.15, 0.2) is 45.4 Å². The second-order valence-electron chi connectivity index (χ2n) is 7.10. The van der Waals surface area contributed by atoms with Crippen LogP contribution in [0.5, 0.6) is 0 Å². The van der Waals surface area contributed by atoms with E-state index in [0.29, 0.717) is 49.1 Å². The lowest BCUT2D eigenvalue weighted by molar-refractivity contribution is 0.0745. The molecule has 3 heterocycles. The lowest BCUT2D eigenvalue weighted by Gasteiger charge is -2.34. The Hall–Kier alpha value is -3.80. The van der Waals surface area contributed by atoms with Crippen molar-refractivity contribution in [1.82, 2.24) is 9.88 Å². The van der Waals surface area contributed by atoms with Gasteiger partial charge in [0.1, 0.15) is 11.9 Å². The second kappa shape index (κ2) is 7.91. The van der Waals surface area contributed by atoms with Gasteiger partial charge in [0.05, 0.1) is 12.0 Å². The molecular weight excluding hydrogens is 389 g/mol. The Morgan fingerprint density at radius 2 is 2.00 bits per heavy atom. The second-order valence-corrected chi connectivity index (χ2v) is 7.10. The molecule has 154 valence electrons. The number of amides is 1. The Labute approximate surface area is 172 Å². The van der Waals surface area contributed by atoms with Crippen molar-refractivity contribution in [2.24, 2.45) is 0 Å². The molecule has 1 saturated heterocycles. The van der Waals surface area contributed by atoms with Gasteiger partial charge < -0.3 is 23.5 Å². The van der Waals surface area contributed by atoms with Crippen molar-refractivity contribution in [1.29, 1.82) is 5.26 Å². The van der Waals surface area contributed by atoms with E-state index in [1.807, 2.05) is 11.0 Å². The van der Waals surface area contributed by atoms with Gasteiger partial charge in [0, 0.05) is 45.8 Å². The molecule has 0 N–H and O–H groups in total. The molecule has 1 aromatic carbocycles. The van der Waals surface area contributed by atoms with Crippen molar-refractivity contribution in [3.63, 3.8) is 0 Å². The van der Waals surface area contributed by atoms with E-state index in [2.05, 4.69) is 4.98 Å². The Bertz CT molecular complexity index is 1090. The Balaban J connectivity index is 1.46. The summed E-state index contributed by atoms with van der Waals surface area (Å²) in [5, 5.41) is 9.40. The lowest BCUT2D eigenvalue weighted by Crippen LogP contribution is -2.49. The first-order valence-corrected chi connectivity index (χ1v) is 9.44. The topological polar surface area (TPSA) is 89.8 Å². The number of aromatic nitrogens is 1. The largest absolute Gasteiger partial charge is 0.459 e. The van der Waals surface area contributed by atoms with Crippen LogP contribution in [-0.2, 0) is 0 Å². The van der Waals surface area contributed by atoms with E-state index >= 15 is 0 Å². The van der Waals surface area contributed by atoms with E-state index in [-0.39, 0.29) is 17.5 Å². The quantitative estimate of drug-likeness (QED) is 0.654. The van der Waals surface area contributed by atoms with Gasteiger partial charge in [0.2, 0.25) is 11.6 Å². The Morgan fingerprint density at radius 3 is 2.60 bits per heavy atom. The number of oxazole rings is 1. The lowest BCUT2D eigenvalue weighted by atomic mass is 10.1. The number of carbonyl (C=O) groups is 1. The molecule has 0 spiro atoms. The van der Waals surface area contributed by atoms with E-state index in [9.17, 15) is 14.4 Å². The number of rotatable bonds is 4.